The Morgan fingerprint density at radius 2 is 1.96 bits per heavy atom. The van der Waals surface area contributed by atoms with Gasteiger partial charge in [-0.3, -0.25) is 14.2 Å². The molecule has 0 radical (unpaired) electrons. The molecule has 0 aliphatic heterocycles. The number of hydrogen-bond donors (Lipinski definition) is 0. The third-order valence-corrected chi connectivity index (χ3v) is 5.61. The summed E-state index contributed by atoms with van der Waals surface area (Å²) in [5, 5.41) is 1.10. The highest BCUT2D eigenvalue weighted by Gasteiger charge is 2.16. The fourth-order valence-electron chi connectivity index (χ4n) is 3.00. The fourth-order valence-corrected chi connectivity index (χ4v) is 4.30. The summed E-state index contributed by atoms with van der Waals surface area (Å²) >= 11 is 13.4. The van der Waals surface area contributed by atoms with Crippen molar-refractivity contribution in [3.05, 3.63) is 73.8 Å². The number of pyridine rings is 2. The number of halogens is 2. The van der Waals surface area contributed by atoms with Crippen LogP contribution >= 0.6 is 34.5 Å². The van der Waals surface area contributed by atoms with Gasteiger partial charge in [0.25, 0.3) is 5.56 Å². The van der Waals surface area contributed by atoms with Gasteiger partial charge in [-0.15, -0.1) is 11.3 Å². The molecule has 0 aliphatic rings. The molecule has 0 amide bonds. The first kappa shape index (κ1) is 18.9. The maximum atomic E-state index is 12.9. The lowest BCUT2D eigenvalue weighted by atomic mass is 10.2. The molecule has 4 aromatic rings. The van der Waals surface area contributed by atoms with Crippen LogP contribution in [-0.4, -0.2) is 26.4 Å². The van der Waals surface area contributed by atoms with E-state index in [9.17, 15) is 4.79 Å². The molecule has 4 aromatic heterocycles. The van der Waals surface area contributed by atoms with E-state index in [0.717, 1.165) is 22.0 Å². The number of rotatable bonds is 4. The second kappa shape index (κ2) is 7.50. The zero-order valence-electron chi connectivity index (χ0n) is 15.1. The Labute approximate surface area is 175 Å². The smallest absolute Gasteiger partial charge is 0.259 e. The summed E-state index contributed by atoms with van der Waals surface area (Å²) in [7, 11) is 1.89. The van der Waals surface area contributed by atoms with Crippen LogP contribution < -0.4 is 10.5 Å². The number of thiazole rings is 1. The standard InChI is InChI=1S/C19H15Cl2N5OS/c1-11-18(12-5-14(21)8-22-7-12)26-17(27)6-15(24-19(26)28-11)10-25(2)16-4-3-13(20)9-23-16/h3-9H,10H2,1-2H3. The van der Waals surface area contributed by atoms with E-state index < -0.39 is 0 Å². The lowest BCUT2D eigenvalue weighted by molar-refractivity contribution is 0.858. The summed E-state index contributed by atoms with van der Waals surface area (Å²) < 4.78 is 1.61. The quantitative estimate of drug-likeness (QED) is 0.476. The molecule has 0 unspecified atom stereocenters. The number of hydrogen-bond acceptors (Lipinski definition) is 6. The van der Waals surface area contributed by atoms with Gasteiger partial charge in [-0.05, 0) is 25.1 Å². The predicted molar refractivity (Wildman–Crippen MR) is 114 cm³/mol. The SMILES string of the molecule is Cc1sc2nc(CN(C)c3ccc(Cl)cn3)cc(=O)n2c1-c1cncc(Cl)c1. The van der Waals surface area contributed by atoms with Crippen LogP contribution in [0, 0.1) is 6.92 Å². The molecule has 4 heterocycles. The van der Waals surface area contributed by atoms with Crippen LogP contribution in [-0.2, 0) is 6.54 Å². The average molecular weight is 432 g/mol. The van der Waals surface area contributed by atoms with Gasteiger partial charge < -0.3 is 4.90 Å². The number of aryl methyl sites for hydroxylation is 1. The highest BCUT2D eigenvalue weighted by Crippen LogP contribution is 2.30. The maximum Gasteiger partial charge on any atom is 0.259 e. The van der Waals surface area contributed by atoms with E-state index in [-0.39, 0.29) is 5.56 Å². The normalized spacial score (nSPS) is 11.1. The van der Waals surface area contributed by atoms with Crippen molar-refractivity contribution in [1.29, 1.82) is 0 Å². The maximum absolute atomic E-state index is 12.9. The van der Waals surface area contributed by atoms with Crippen LogP contribution in [0.15, 0.2) is 47.7 Å². The molecule has 0 bridgehead atoms. The molecule has 0 saturated carbocycles. The van der Waals surface area contributed by atoms with Crippen LogP contribution in [0.5, 0.6) is 0 Å². The average Bonchev–Trinajstić information content (AvgIpc) is 2.98. The Morgan fingerprint density at radius 1 is 1.14 bits per heavy atom. The van der Waals surface area contributed by atoms with Crippen molar-refractivity contribution in [2.75, 3.05) is 11.9 Å². The molecule has 0 spiro atoms. The van der Waals surface area contributed by atoms with Gasteiger partial charge in [0, 0.05) is 42.1 Å². The van der Waals surface area contributed by atoms with Crippen LogP contribution in [0.3, 0.4) is 0 Å². The minimum atomic E-state index is -0.142. The molecule has 0 N–H and O–H groups in total. The minimum absolute atomic E-state index is 0.142. The van der Waals surface area contributed by atoms with E-state index in [1.54, 1.807) is 41.2 Å². The van der Waals surface area contributed by atoms with Crippen molar-refractivity contribution in [2.24, 2.45) is 0 Å². The van der Waals surface area contributed by atoms with E-state index in [0.29, 0.717) is 27.2 Å². The Bertz CT molecular complexity index is 1220. The predicted octanol–water partition coefficient (Wildman–Crippen LogP) is 4.46. The summed E-state index contributed by atoms with van der Waals surface area (Å²) in [5.41, 5.74) is 2.08. The first-order valence-electron chi connectivity index (χ1n) is 8.38. The number of aromatic nitrogens is 4. The van der Waals surface area contributed by atoms with Crippen LogP contribution in [0.25, 0.3) is 16.2 Å². The van der Waals surface area contributed by atoms with E-state index in [4.69, 9.17) is 23.2 Å². The molecule has 28 heavy (non-hydrogen) atoms. The van der Waals surface area contributed by atoms with Crippen LogP contribution in [0.4, 0.5) is 5.82 Å². The van der Waals surface area contributed by atoms with Crippen LogP contribution in [0.1, 0.15) is 10.6 Å². The summed E-state index contributed by atoms with van der Waals surface area (Å²) in [6.45, 7) is 2.41. The molecule has 0 atom stereocenters. The first-order chi connectivity index (χ1) is 13.4. The van der Waals surface area contributed by atoms with Gasteiger partial charge in [-0.2, -0.15) is 0 Å². The molecule has 0 aliphatic carbocycles. The molecule has 9 heteroatoms. The topological polar surface area (TPSA) is 63.4 Å². The molecule has 142 valence electrons. The Morgan fingerprint density at radius 3 is 2.68 bits per heavy atom. The molecule has 0 fully saturated rings. The molecule has 6 nitrogen and oxygen atoms in total. The van der Waals surface area contributed by atoms with Crippen molar-refractivity contribution < 1.29 is 0 Å². The van der Waals surface area contributed by atoms with Crippen molar-refractivity contribution in [3.8, 4) is 11.3 Å². The highest BCUT2D eigenvalue weighted by atomic mass is 35.5. The second-order valence-corrected chi connectivity index (χ2v) is 8.35. The summed E-state index contributed by atoms with van der Waals surface area (Å²) in [6, 6.07) is 6.95. The highest BCUT2D eigenvalue weighted by molar-refractivity contribution is 7.17. The van der Waals surface area contributed by atoms with Crippen molar-refractivity contribution >= 4 is 45.3 Å². The van der Waals surface area contributed by atoms with Gasteiger partial charge in [-0.1, -0.05) is 23.2 Å². The molecular formula is C19H15Cl2N5OS. The van der Waals surface area contributed by atoms with Gasteiger partial charge >= 0.3 is 0 Å². The van der Waals surface area contributed by atoms with Crippen molar-refractivity contribution in [1.82, 2.24) is 19.4 Å². The second-order valence-electron chi connectivity index (χ2n) is 6.29. The number of nitrogens with zero attached hydrogens (tertiary/aromatic N) is 5. The largest absolute Gasteiger partial charge is 0.354 e. The monoisotopic (exact) mass is 431 g/mol. The minimum Gasteiger partial charge on any atom is -0.354 e. The van der Waals surface area contributed by atoms with Crippen molar-refractivity contribution in [2.45, 2.75) is 13.5 Å². The molecule has 4 rings (SSSR count). The third-order valence-electron chi connectivity index (χ3n) is 4.22. The van der Waals surface area contributed by atoms with E-state index in [2.05, 4.69) is 15.0 Å². The van der Waals surface area contributed by atoms with Gasteiger partial charge in [0.15, 0.2) is 4.96 Å². The Hall–Kier alpha value is -2.48. The lowest BCUT2D eigenvalue weighted by Crippen LogP contribution is -2.22. The van der Waals surface area contributed by atoms with E-state index >= 15 is 0 Å². The summed E-state index contributed by atoms with van der Waals surface area (Å²) in [6.07, 6.45) is 4.85. The van der Waals surface area contributed by atoms with E-state index in [1.807, 2.05) is 24.9 Å². The number of anilines is 1. The van der Waals surface area contributed by atoms with Gasteiger partial charge in [0.2, 0.25) is 0 Å². The molecule has 0 aromatic carbocycles. The third kappa shape index (κ3) is 3.61. The molecular weight excluding hydrogens is 417 g/mol. The van der Waals surface area contributed by atoms with Gasteiger partial charge in [0.1, 0.15) is 5.82 Å². The first-order valence-corrected chi connectivity index (χ1v) is 9.95. The lowest BCUT2D eigenvalue weighted by Gasteiger charge is -2.17. The molecule has 0 saturated heterocycles. The van der Waals surface area contributed by atoms with Crippen molar-refractivity contribution in [3.63, 3.8) is 0 Å². The van der Waals surface area contributed by atoms with Crippen LogP contribution in [0.2, 0.25) is 10.0 Å². The van der Waals surface area contributed by atoms with Gasteiger partial charge in [-0.25, -0.2) is 9.97 Å². The summed E-state index contributed by atoms with van der Waals surface area (Å²) in [4.78, 5) is 29.5. The number of fused-ring (bicyclic) bond motifs is 1. The zero-order chi connectivity index (χ0) is 19.8. The zero-order valence-corrected chi connectivity index (χ0v) is 17.4. The fraction of sp³-hybridized carbons (Fsp3) is 0.158. The Kier molecular flexibility index (Phi) is 5.05. The summed E-state index contributed by atoms with van der Waals surface area (Å²) in [5.74, 6) is 0.749. The van der Waals surface area contributed by atoms with Gasteiger partial charge in [0.05, 0.1) is 28.0 Å². The Balaban J connectivity index is 1.74. The van der Waals surface area contributed by atoms with E-state index in [1.165, 1.54) is 11.3 Å².